The van der Waals surface area contributed by atoms with Crippen LogP contribution in [0.15, 0.2) is 18.3 Å². The van der Waals surface area contributed by atoms with Crippen LogP contribution in [0.3, 0.4) is 0 Å². The first-order valence-corrected chi connectivity index (χ1v) is 6.32. The largest absolute Gasteiger partial charge is 0.459 e. The molecule has 0 bridgehead atoms. The number of pyridine rings is 1. The second-order valence-corrected chi connectivity index (χ2v) is 4.91. The van der Waals surface area contributed by atoms with Crippen LogP contribution in [0.4, 0.5) is 0 Å². The first-order valence-electron chi connectivity index (χ1n) is 5.94. The smallest absolute Gasteiger partial charge is 0.329 e. The zero-order chi connectivity index (χ0) is 14.4. The van der Waals surface area contributed by atoms with E-state index in [9.17, 15) is 9.59 Å². The molecule has 0 saturated carbocycles. The molecule has 104 valence electrons. The third kappa shape index (κ3) is 5.26. The van der Waals surface area contributed by atoms with E-state index in [1.54, 1.807) is 18.3 Å². The van der Waals surface area contributed by atoms with Gasteiger partial charge in [0.1, 0.15) is 17.8 Å². The molecular weight excluding hydrogens is 268 g/mol. The van der Waals surface area contributed by atoms with Crippen LogP contribution in [-0.2, 0) is 20.9 Å². The highest BCUT2D eigenvalue weighted by Gasteiger charge is 2.24. The number of hydrogen-bond donors (Lipinski definition) is 1. The van der Waals surface area contributed by atoms with Crippen molar-refractivity contribution in [2.45, 2.75) is 33.4 Å². The van der Waals surface area contributed by atoms with Gasteiger partial charge < -0.3 is 10.1 Å². The number of carbonyl (C=O) groups excluding carboxylic acids is 2. The zero-order valence-electron chi connectivity index (χ0n) is 11.1. The first kappa shape index (κ1) is 15.4. The Morgan fingerprint density at radius 2 is 2.11 bits per heavy atom. The lowest BCUT2D eigenvalue weighted by Gasteiger charge is -2.19. The molecular formula is C13H17ClN2O3. The molecule has 0 aromatic carbocycles. The second kappa shape index (κ2) is 7.09. The van der Waals surface area contributed by atoms with Gasteiger partial charge in [0.15, 0.2) is 0 Å². The van der Waals surface area contributed by atoms with Crippen LogP contribution in [0.25, 0.3) is 0 Å². The minimum absolute atomic E-state index is 0.0419. The minimum atomic E-state index is -0.641. The molecule has 0 aliphatic rings. The number of nitrogens with one attached hydrogen (secondary N) is 1. The topological polar surface area (TPSA) is 68.3 Å². The average molecular weight is 285 g/mol. The van der Waals surface area contributed by atoms with E-state index in [-0.39, 0.29) is 18.4 Å². The molecule has 1 aromatic rings. The molecule has 1 heterocycles. The molecule has 1 N–H and O–H groups in total. The fraction of sp³-hybridized carbons (Fsp3) is 0.462. The van der Waals surface area contributed by atoms with Crippen LogP contribution >= 0.6 is 11.6 Å². The van der Waals surface area contributed by atoms with Gasteiger partial charge in [-0.15, -0.1) is 0 Å². The molecule has 0 aliphatic carbocycles. The average Bonchev–Trinajstić information content (AvgIpc) is 2.34. The molecule has 1 rings (SSSR count). The Bertz CT molecular complexity index is 446. The molecule has 0 aliphatic heterocycles. The summed E-state index contributed by atoms with van der Waals surface area (Å²) in [4.78, 5) is 26.8. The van der Waals surface area contributed by atoms with Gasteiger partial charge in [0, 0.05) is 18.7 Å². The van der Waals surface area contributed by atoms with E-state index in [1.807, 2.05) is 13.8 Å². The van der Waals surface area contributed by atoms with E-state index >= 15 is 0 Å². The maximum Gasteiger partial charge on any atom is 0.329 e. The van der Waals surface area contributed by atoms with Crippen molar-refractivity contribution < 1.29 is 14.3 Å². The fourth-order valence-corrected chi connectivity index (χ4v) is 1.56. The Hall–Kier alpha value is -1.62. The summed E-state index contributed by atoms with van der Waals surface area (Å²) >= 11 is 5.66. The molecule has 0 radical (unpaired) electrons. The van der Waals surface area contributed by atoms with E-state index in [1.165, 1.54) is 6.92 Å². The van der Waals surface area contributed by atoms with E-state index in [0.29, 0.717) is 5.15 Å². The number of halogens is 1. The van der Waals surface area contributed by atoms with Crippen LogP contribution in [0, 0.1) is 5.92 Å². The van der Waals surface area contributed by atoms with Crippen molar-refractivity contribution in [3.05, 3.63) is 29.0 Å². The summed E-state index contributed by atoms with van der Waals surface area (Å²) in [5.41, 5.74) is 0.739. The molecule has 1 aromatic heterocycles. The predicted molar refractivity (Wildman–Crippen MR) is 71.5 cm³/mol. The normalized spacial score (nSPS) is 12.1. The Labute approximate surface area is 117 Å². The molecule has 0 spiro atoms. The molecule has 1 unspecified atom stereocenters. The van der Waals surface area contributed by atoms with Crippen molar-refractivity contribution in [2.75, 3.05) is 0 Å². The number of esters is 1. The lowest BCUT2D eigenvalue weighted by molar-refractivity contribution is -0.150. The number of nitrogens with zero attached hydrogens (tertiary/aromatic N) is 1. The molecule has 19 heavy (non-hydrogen) atoms. The van der Waals surface area contributed by atoms with Gasteiger partial charge in [-0.25, -0.2) is 9.78 Å². The van der Waals surface area contributed by atoms with Crippen molar-refractivity contribution in [3.8, 4) is 0 Å². The predicted octanol–water partition coefficient (Wildman–Crippen LogP) is 1.94. The van der Waals surface area contributed by atoms with Gasteiger partial charge in [0.05, 0.1) is 0 Å². The van der Waals surface area contributed by atoms with Crippen LogP contribution in [-0.4, -0.2) is 22.9 Å². The highest BCUT2D eigenvalue weighted by atomic mass is 35.5. The third-order valence-corrected chi connectivity index (χ3v) is 2.67. The maximum absolute atomic E-state index is 11.9. The van der Waals surface area contributed by atoms with Crippen LogP contribution in [0.1, 0.15) is 26.3 Å². The van der Waals surface area contributed by atoms with Gasteiger partial charge >= 0.3 is 5.97 Å². The summed E-state index contributed by atoms with van der Waals surface area (Å²) in [5, 5.41) is 2.96. The van der Waals surface area contributed by atoms with Crippen molar-refractivity contribution >= 4 is 23.5 Å². The Morgan fingerprint density at radius 1 is 1.42 bits per heavy atom. The summed E-state index contributed by atoms with van der Waals surface area (Å²) in [6.45, 7) is 5.15. The molecule has 5 nitrogen and oxygen atoms in total. The molecule has 6 heteroatoms. The first-order chi connectivity index (χ1) is 8.90. The zero-order valence-corrected chi connectivity index (χ0v) is 11.9. The molecule has 1 amide bonds. The lowest BCUT2D eigenvalue weighted by atomic mass is 10.0. The number of amides is 1. The minimum Gasteiger partial charge on any atom is -0.459 e. The monoisotopic (exact) mass is 284 g/mol. The summed E-state index contributed by atoms with van der Waals surface area (Å²) in [6, 6.07) is 2.71. The summed E-state index contributed by atoms with van der Waals surface area (Å²) < 4.78 is 5.16. The molecule has 0 fully saturated rings. The van der Waals surface area contributed by atoms with Crippen molar-refractivity contribution in [3.63, 3.8) is 0 Å². The third-order valence-electron chi connectivity index (χ3n) is 2.45. The molecule has 0 saturated heterocycles. The number of carbonyl (C=O) groups is 2. The molecule has 1 atom stereocenters. The van der Waals surface area contributed by atoms with Gasteiger partial charge in [-0.3, -0.25) is 4.79 Å². The quantitative estimate of drug-likeness (QED) is 0.663. The second-order valence-electron chi connectivity index (χ2n) is 4.52. The fourth-order valence-electron chi connectivity index (χ4n) is 1.45. The van der Waals surface area contributed by atoms with Crippen LogP contribution in [0.5, 0.6) is 0 Å². The number of rotatable bonds is 5. The lowest BCUT2D eigenvalue weighted by Crippen LogP contribution is -2.44. The Kier molecular flexibility index (Phi) is 5.76. The van der Waals surface area contributed by atoms with E-state index < -0.39 is 12.0 Å². The highest BCUT2D eigenvalue weighted by molar-refractivity contribution is 6.29. The van der Waals surface area contributed by atoms with Gasteiger partial charge in [0.25, 0.3) is 0 Å². The number of aromatic nitrogens is 1. The van der Waals surface area contributed by atoms with Gasteiger partial charge in [-0.2, -0.15) is 0 Å². The number of ether oxygens (including phenoxy) is 1. The summed E-state index contributed by atoms with van der Waals surface area (Å²) in [6.07, 6.45) is 1.54. The van der Waals surface area contributed by atoms with E-state index in [4.69, 9.17) is 16.3 Å². The van der Waals surface area contributed by atoms with Crippen molar-refractivity contribution in [1.82, 2.24) is 10.3 Å². The number of hydrogen-bond acceptors (Lipinski definition) is 4. The van der Waals surface area contributed by atoms with Gasteiger partial charge in [0.2, 0.25) is 5.91 Å². The van der Waals surface area contributed by atoms with Crippen LogP contribution < -0.4 is 5.32 Å². The van der Waals surface area contributed by atoms with E-state index in [2.05, 4.69) is 10.3 Å². The Balaban J connectivity index is 2.57. The van der Waals surface area contributed by atoms with Gasteiger partial charge in [-0.1, -0.05) is 31.5 Å². The van der Waals surface area contributed by atoms with E-state index in [0.717, 1.165) is 5.56 Å². The maximum atomic E-state index is 11.9. The van der Waals surface area contributed by atoms with Crippen LogP contribution in [0.2, 0.25) is 5.15 Å². The van der Waals surface area contributed by atoms with Gasteiger partial charge in [-0.05, 0) is 12.0 Å². The highest BCUT2D eigenvalue weighted by Crippen LogP contribution is 2.09. The van der Waals surface area contributed by atoms with Crippen molar-refractivity contribution in [1.29, 1.82) is 0 Å². The van der Waals surface area contributed by atoms with Crippen molar-refractivity contribution in [2.24, 2.45) is 5.92 Å². The standard InChI is InChI=1S/C13H17ClN2O3/c1-8(2)12(16-9(3)17)13(18)19-7-10-4-5-11(14)15-6-10/h4-6,8,12H,7H2,1-3H3,(H,16,17). The Morgan fingerprint density at radius 3 is 2.58 bits per heavy atom. The summed E-state index contributed by atoms with van der Waals surface area (Å²) in [7, 11) is 0. The SMILES string of the molecule is CC(=O)NC(C(=O)OCc1ccc(Cl)nc1)C(C)C. The summed E-state index contributed by atoms with van der Waals surface area (Å²) in [5.74, 6) is -0.760.